The summed E-state index contributed by atoms with van der Waals surface area (Å²) in [6, 6.07) is 17.2. The number of fused-ring (bicyclic) bond motifs is 1. The van der Waals surface area contributed by atoms with Gasteiger partial charge in [0, 0.05) is 36.0 Å². The van der Waals surface area contributed by atoms with Crippen LogP contribution in [0.2, 0.25) is 0 Å². The summed E-state index contributed by atoms with van der Waals surface area (Å²) < 4.78 is 2.13. The largest absolute Gasteiger partial charge is 0.480 e. The fraction of sp³-hybridized carbons (Fsp3) is 0.200. The predicted molar refractivity (Wildman–Crippen MR) is 94.4 cm³/mol. The molecule has 2 N–H and O–H groups in total. The molecular weight excluding hydrogens is 316 g/mol. The van der Waals surface area contributed by atoms with Gasteiger partial charge >= 0.3 is 5.97 Å². The second kappa shape index (κ2) is 6.09. The number of nitrogens with zero attached hydrogens (tertiary/aromatic N) is 1. The third-order valence-electron chi connectivity index (χ3n) is 4.80. The van der Waals surface area contributed by atoms with E-state index >= 15 is 0 Å². The van der Waals surface area contributed by atoms with Gasteiger partial charge < -0.3 is 15.0 Å². The van der Waals surface area contributed by atoms with Crippen LogP contribution in [0.3, 0.4) is 0 Å². The molecule has 2 aromatic carbocycles. The molecule has 0 bridgehead atoms. The van der Waals surface area contributed by atoms with Crippen molar-refractivity contribution in [3.63, 3.8) is 0 Å². The average Bonchev–Trinajstić information content (AvgIpc) is 3.17. The van der Waals surface area contributed by atoms with E-state index in [-0.39, 0.29) is 18.2 Å². The van der Waals surface area contributed by atoms with Crippen LogP contribution in [0.25, 0.3) is 10.9 Å². The highest BCUT2D eigenvalue weighted by atomic mass is 16.4. The van der Waals surface area contributed by atoms with Crippen molar-refractivity contribution >= 4 is 22.8 Å². The summed E-state index contributed by atoms with van der Waals surface area (Å²) in [5.74, 6) is -1.56. The first-order valence-corrected chi connectivity index (χ1v) is 8.27. The molecule has 1 amide bonds. The van der Waals surface area contributed by atoms with Crippen LogP contribution in [-0.4, -0.2) is 27.6 Å². The van der Waals surface area contributed by atoms with Gasteiger partial charge in [-0.05, 0) is 17.2 Å². The summed E-state index contributed by atoms with van der Waals surface area (Å²) >= 11 is 0. The molecule has 1 saturated heterocycles. The summed E-state index contributed by atoms with van der Waals surface area (Å²) in [7, 11) is 0. The van der Waals surface area contributed by atoms with Crippen molar-refractivity contribution in [2.24, 2.45) is 0 Å². The number of carboxylic acid groups (broad SMARTS) is 1. The topological polar surface area (TPSA) is 71.3 Å². The van der Waals surface area contributed by atoms with E-state index < -0.39 is 12.0 Å². The molecule has 1 aliphatic heterocycles. The lowest BCUT2D eigenvalue weighted by Crippen LogP contribution is -2.35. The van der Waals surface area contributed by atoms with Crippen molar-refractivity contribution in [2.45, 2.75) is 24.9 Å². The smallest absolute Gasteiger partial charge is 0.326 e. The Morgan fingerprint density at radius 2 is 1.84 bits per heavy atom. The van der Waals surface area contributed by atoms with Crippen molar-refractivity contribution in [3.8, 4) is 0 Å². The first-order chi connectivity index (χ1) is 12.1. The molecule has 126 valence electrons. The zero-order valence-electron chi connectivity index (χ0n) is 13.6. The Kier molecular flexibility index (Phi) is 3.76. The molecule has 4 rings (SSSR count). The zero-order valence-corrected chi connectivity index (χ0v) is 13.6. The van der Waals surface area contributed by atoms with Gasteiger partial charge in [-0.25, -0.2) is 4.79 Å². The molecular formula is C20H18N2O3. The molecule has 1 fully saturated rings. The number of rotatable bonds is 4. The number of para-hydroxylation sites is 1. The molecule has 2 atom stereocenters. The standard InChI is InChI=1S/C20H18N2O3/c23-18-10-15(19(21-18)20(24)25)16-12-22(11-13-6-2-1-3-7-13)17-9-5-4-8-14(16)17/h1-9,12,15,19H,10-11H2,(H,21,23)(H,24,25)/t15-,19+/m1/s1. The molecule has 0 radical (unpaired) electrons. The molecule has 3 aromatic rings. The predicted octanol–water partition coefficient (Wildman–Crippen LogP) is 2.75. The van der Waals surface area contributed by atoms with E-state index in [2.05, 4.69) is 22.0 Å². The van der Waals surface area contributed by atoms with Gasteiger partial charge in [0.1, 0.15) is 6.04 Å². The lowest BCUT2D eigenvalue weighted by atomic mass is 9.91. The van der Waals surface area contributed by atoms with Gasteiger partial charge in [-0.3, -0.25) is 4.79 Å². The third kappa shape index (κ3) is 2.78. The molecule has 0 spiro atoms. The van der Waals surface area contributed by atoms with Crippen LogP contribution in [0.5, 0.6) is 0 Å². The number of aliphatic carboxylic acids is 1. The van der Waals surface area contributed by atoms with E-state index in [1.807, 2.05) is 48.7 Å². The van der Waals surface area contributed by atoms with E-state index in [9.17, 15) is 14.7 Å². The maximum Gasteiger partial charge on any atom is 0.326 e. The minimum Gasteiger partial charge on any atom is -0.480 e. The lowest BCUT2D eigenvalue weighted by Gasteiger charge is -2.13. The number of nitrogens with one attached hydrogen (secondary N) is 1. The van der Waals surface area contributed by atoms with Crippen molar-refractivity contribution in [1.82, 2.24) is 9.88 Å². The summed E-state index contributed by atoms with van der Waals surface area (Å²) in [6.07, 6.45) is 2.20. The van der Waals surface area contributed by atoms with E-state index in [1.165, 1.54) is 5.56 Å². The molecule has 5 heteroatoms. The van der Waals surface area contributed by atoms with Crippen molar-refractivity contribution in [2.75, 3.05) is 0 Å². The van der Waals surface area contributed by atoms with Crippen LogP contribution in [-0.2, 0) is 16.1 Å². The number of aromatic nitrogens is 1. The molecule has 0 aliphatic carbocycles. The Labute approximate surface area is 144 Å². The summed E-state index contributed by atoms with van der Waals surface area (Å²) in [5.41, 5.74) is 3.13. The van der Waals surface area contributed by atoms with Gasteiger partial charge in [0.05, 0.1) is 0 Å². The lowest BCUT2D eigenvalue weighted by molar-refractivity contribution is -0.140. The van der Waals surface area contributed by atoms with Crippen molar-refractivity contribution < 1.29 is 14.7 Å². The maximum absolute atomic E-state index is 11.8. The highest BCUT2D eigenvalue weighted by Crippen LogP contribution is 2.35. The van der Waals surface area contributed by atoms with E-state index in [0.29, 0.717) is 6.54 Å². The molecule has 5 nitrogen and oxygen atoms in total. The Hall–Kier alpha value is -3.08. The molecule has 0 saturated carbocycles. The number of hydrogen-bond acceptors (Lipinski definition) is 2. The minimum absolute atomic E-state index is 0.205. The summed E-state index contributed by atoms with van der Waals surface area (Å²) in [6.45, 7) is 0.702. The third-order valence-corrected chi connectivity index (χ3v) is 4.80. The highest BCUT2D eigenvalue weighted by molar-refractivity contribution is 5.92. The van der Waals surface area contributed by atoms with Gasteiger partial charge in [0.25, 0.3) is 0 Å². The monoisotopic (exact) mass is 334 g/mol. The molecule has 25 heavy (non-hydrogen) atoms. The first-order valence-electron chi connectivity index (χ1n) is 8.27. The van der Waals surface area contributed by atoms with Gasteiger partial charge in [0.2, 0.25) is 5.91 Å². The van der Waals surface area contributed by atoms with Crippen LogP contribution in [0.4, 0.5) is 0 Å². The van der Waals surface area contributed by atoms with E-state index in [4.69, 9.17) is 0 Å². The fourth-order valence-electron chi connectivity index (χ4n) is 3.66. The second-order valence-electron chi connectivity index (χ2n) is 6.41. The first kappa shape index (κ1) is 15.4. The van der Waals surface area contributed by atoms with Crippen LogP contribution in [0, 0.1) is 0 Å². The zero-order chi connectivity index (χ0) is 17.4. The second-order valence-corrected chi connectivity index (χ2v) is 6.41. The van der Waals surface area contributed by atoms with Crippen molar-refractivity contribution in [1.29, 1.82) is 0 Å². The van der Waals surface area contributed by atoms with Crippen LogP contribution < -0.4 is 5.32 Å². The number of carboxylic acids is 1. The molecule has 2 heterocycles. The Bertz CT molecular complexity index is 946. The number of amides is 1. The Morgan fingerprint density at radius 1 is 1.12 bits per heavy atom. The number of carbonyl (C=O) groups excluding carboxylic acids is 1. The van der Waals surface area contributed by atoms with Gasteiger partial charge in [-0.15, -0.1) is 0 Å². The molecule has 1 aliphatic rings. The van der Waals surface area contributed by atoms with Gasteiger partial charge in [-0.2, -0.15) is 0 Å². The highest BCUT2D eigenvalue weighted by Gasteiger charge is 2.39. The number of carbonyl (C=O) groups is 2. The number of hydrogen-bond donors (Lipinski definition) is 2. The molecule has 0 unspecified atom stereocenters. The Morgan fingerprint density at radius 3 is 2.60 bits per heavy atom. The van der Waals surface area contributed by atoms with Crippen molar-refractivity contribution in [3.05, 3.63) is 71.9 Å². The van der Waals surface area contributed by atoms with E-state index in [0.717, 1.165) is 16.5 Å². The average molecular weight is 334 g/mol. The number of benzene rings is 2. The van der Waals surface area contributed by atoms with Crippen LogP contribution in [0.1, 0.15) is 23.5 Å². The summed E-state index contributed by atoms with van der Waals surface area (Å²) in [5, 5.41) is 13.0. The fourth-order valence-corrected chi connectivity index (χ4v) is 3.66. The summed E-state index contributed by atoms with van der Waals surface area (Å²) in [4.78, 5) is 23.3. The normalized spacial score (nSPS) is 19.9. The Balaban J connectivity index is 1.80. The van der Waals surface area contributed by atoms with Gasteiger partial charge in [-0.1, -0.05) is 48.5 Å². The quantitative estimate of drug-likeness (QED) is 0.771. The van der Waals surface area contributed by atoms with Gasteiger partial charge in [0.15, 0.2) is 0 Å². The minimum atomic E-state index is -0.990. The van der Waals surface area contributed by atoms with E-state index in [1.54, 1.807) is 0 Å². The van der Waals surface area contributed by atoms with Crippen LogP contribution in [0.15, 0.2) is 60.8 Å². The molecule has 1 aromatic heterocycles. The maximum atomic E-state index is 11.8. The SMILES string of the molecule is O=C1C[C@H](c2cn(Cc3ccccc3)c3ccccc23)[C@@H](C(=O)O)N1. The van der Waals surface area contributed by atoms with Crippen LogP contribution >= 0.6 is 0 Å².